The van der Waals surface area contributed by atoms with Gasteiger partial charge in [-0.2, -0.15) is 20.5 Å². The number of anilines is 1. The van der Waals surface area contributed by atoms with Crippen LogP contribution in [0.5, 0.6) is 0 Å². The van der Waals surface area contributed by atoms with Crippen LogP contribution in [0, 0.1) is 0 Å². The van der Waals surface area contributed by atoms with Crippen molar-refractivity contribution in [2.45, 2.75) is 19.8 Å². The number of aromatic nitrogens is 5. The van der Waals surface area contributed by atoms with Gasteiger partial charge in [0, 0.05) is 5.56 Å². The Morgan fingerprint density at radius 3 is 2.70 bits per heavy atom. The van der Waals surface area contributed by atoms with Crippen molar-refractivity contribution in [3.8, 4) is 17.1 Å². The lowest BCUT2D eigenvalue weighted by atomic mass is 10.1. The molecule has 3 N–H and O–H groups in total. The Bertz CT molecular complexity index is 684. The molecule has 0 amide bonds. The lowest BCUT2D eigenvalue weighted by Crippen LogP contribution is -2.02. The first kappa shape index (κ1) is 12.4. The lowest BCUT2D eigenvalue weighted by molar-refractivity contribution is 0.888. The van der Waals surface area contributed by atoms with Gasteiger partial charge < -0.3 is 5.73 Å². The fourth-order valence-corrected chi connectivity index (χ4v) is 2.25. The summed E-state index contributed by atoms with van der Waals surface area (Å²) >= 11 is 0. The zero-order chi connectivity index (χ0) is 13.9. The molecule has 0 atom stereocenters. The minimum Gasteiger partial charge on any atom is -0.383 e. The van der Waals surface area contributed by atoms with Gasteiger partial charge in [-0.15, -0.1) is 0 Å². The Hall–Kier alpha value is -2.63. The molecular weight excluding hydrogens is 252 g/mol. The molecule has 102 valence electrons. The van der Waals surface area contributed by atoms with Crippen LogP contribution in [0.4, 0.5) is 5.82 Å². The molecular formula is C14H16N6. The number of para-hydroxylation sites is 1. The molecule has 0 saturated heterocycles. The van der Waals surface area contributed by atoms with Gasteiger partial charge in [-0.1, -0.05) is 31.5 Å². The van der Waals surface area contributed by atoms with E-state index in [1.54, 1.807) is 10.9 Å². The van der Waals surface area contributed by atoms with Crippen LogP contribution < -0.4 is 5.73 Å². The fourth-order valence-electron chi connectivity index (χ4n) is 2.25. The number of benzene rings is 1. The van der Waals surface area contributed by atoms with Crippen LogP contribution in [0.25, 0.3) is 17.1 Å². The summed E-state index contributed by atoms with van der Waals surface area (Å²) in [6.07, 6.45) is 3.52. The van der Waals surface area contributed by atoms with Crippen LogP contribution in [0.1, 0.15) is 18.9 Å². The van der Waals surface area contributed by atoms with Crippen molar-refractivity contribution in [3.63, 3.8) is 0 Å². The molecule has 6 nitrogen and oxygen atoms in total. The molecule has 3 aromatic rings. The summed E-state index contributed by atoms with van der Waals surface area (Å²) in [5, 5.41) is 15.2. The van der Waals surface area contributed by atoms with E-state index in [9.17, 15) is 0 Å². The summed E-state index contributed by atoms with van der Waals surface area (Å²) in [7, 11) is 0. The first-order valence-corrected chi connectivity index (χ1v) is 6.60. The maximum Gasteiger partial charge on any atom is 0.133 e. The van der Waals surface area contributed by atoms with Crippen LogP contribution in [-0.2, 0) is 6.42 Å². The van der Waals surface area contributed by atoms with Crippen LogP contribution in [0.2, 0.25) is 0 Å². The number of hydrogen-bond donors (Lipinski definition) is 2. The molecule has 0 aliphatic rings. The molecule has 1 aromatic carbocycles. The zero-order valence-corrected chi connectivity index (χ0v) is 11.2. The van der Waals surface area contributed by atoms with Gasteiger partial charge in [0.05, 0.1) is 11.9 Å². The van der Waals surface area contributed by atoms with Gasteiger partial charge in [0.1, 0.15) is 17.2 Å². The molecule has 3 rings (SSSR count). The molecule has 2 heterocycles. The van der Waals surface area contributed by atoms with Crippen LogP contribution in [0.3, 0.4) is 0 Å². The van der Waals surface area contributed by atoms with Gasteiger partial charge in [-0.25, -0.2) is 4.68 Å². The Morgan fingerprint density at radius 2 is 2.05 bits per heavy atom. The van der Waals surface area contributed by atoms with Crippen molar-refractivity contribution >= 4 is 5.82 Å². The topological polar surface area (TPSA) is 85.4 Å². The third-order valence-corrected chi connectivity index (χ3v) is 3.18. The van der Waals surface area contributed by atoms with Gasteiger partial charge in [-0.05, 0) is 18.6 Å². The Labute approximate surface area is 116 Å². The van der Waals surface area contributed by atoms with E-state index in [-0.39, 0.29) is 0 Å². The van der Waals surface area contributed by atoms with Gasteiger partial charge in [0.25, 0.3) is 0 Å². The Kier molecular flexibility index (Phi) is 3.20. The number of aromatic amines is 1. The number of nitrogens with zero attached hydrogens (tertiary/aromatic N) is 4. The number of nitrogen functional groups attached to an aromatic ring is 1. The van der Waals surface area contributed by atoms with Crippen LogP contribution >= 0.6 is 0 Å². The molecule has 0 aliphatic heterocycles. The summed E-state index contributed by atoms with van der Waals surface area (Å²) in [6.45, 7) is 2.12. The van der Waals surface area contributed by atoms with E-state index in [0.29, 0.717) is 5.82 Å². The van der Waals surface area contributed by atoms with E-state index in [0.717, 1.165) is 35.5 Å². The largest absolute Gasteiger partial charge is 0.383 e. The van der Waals surface area contributed by atoms with Crippen molar-refractivity contribution in [3.05, 3.63) is 42.1 Å². The number of rotatable bonds is 4. The van der Waals surface area contributed by atoms with Crippen molar-refractivity contribution in [2.24, 2.45) is 0 Å². The highest BCUT2D eigenvalue weighted by molar-refractivity contribution is 5.66. The molecule has 0 fully saturated rings. The molecule has 0 saturated carbocycles. The van der Waals surface area contributed by atoms with E-state index in [2.05, 4.69) is 27.4 Å². The van der Waals surface area contributed by atoms with E-state index in [4.69, 9.17) is 5.73 Å². The Morgan fingerprint density at radius 1 is 1.25 bits per heavy atom. The van der Waals surface area contributed by atoms with Crippen LogP contribution in [-0.4, -0.2) is 25.2 Å². The van der Waals surface area contributed by atoms with E-state index in [1.807, 2.05) is 30.3 Å². The zero-order valence-electron chi connectivity index (χ0n) is 11.2. The monoisotopic (exact) mass is 268 g/mol. The van der Waals surface area contributed by atoms with Crippen molar-refractivity contribution < 1.29 is 0 Å². The summed E-state index contributed by atoms with van der Waals surface area (Å²) in [6, 6.07) is 9.85. The second-order valence-electron chi connectivity index (χ2n) is 4.56. The lowest BCUT2D eigenvalue weighted by Gasteiger charge is -2.04. The summed E-state index contributed by atoms with van der Waals surface area (Å²) in [5.41, 5.74) is 9.74. The smallest absolute Gasteiger partial charge is 0.133 e. The predicted molar refractivity (Wildman–Crippen MR) is 77.3 cm³/mol. The van der Waals surface area contributed by atoms with Gasteiger partial charge in [0.15, 0.2) is 0 Å². The predicted octanol–water partition coefficient (Wildman–Crippen LogP) is 2.19. The van der Waals surface area contributed by atoms with E-state index in [1.165, 1.54) is 0 Å². The van der Waals surface area contributed by atoms with Gasteiger partial charge in [-0.3, -0.25) is 0 Å². The molecule has 0 aliphatic carbocycles. The quantitative estimate of drug-likeness (QED) is 0.759. The average Bonchev–Trinajstić information content (AvgIpc) is 3.10. The number of nitrogens with two attached hydrogens (primary N) is 1. The molecule has 0 spiro atoms. The standard InChI is InChI=1S/C14H16N6/c1-2-6-11-13(12-9-16-19-17-12)18-20(14(11)15)10-7-4-3-5-8-10/h3-5,7-9H,2,6,15H2,1H3,(H,16,17,19). The molecule has 0 radical (unpaired) electrons. The molecule has 6 heteroatoms. The highest BCUT2D eigenvalue weighted by atomic mass is 15.4. The molecule has 2 aromatic heterocycles. The second kappa shape index (κ2) is 5.16. The average molecular weight is 268 g/mol. The second-order valence-corrected chi connectivity index (χ2v) is 4.56. The van der Waals surface area contributed by atoms with Crippen molar-refractivity contribution in [1.29, 1.82) is 0 Å². The molecule has 0 unspecified atom stereocenters. The van der Waals surface area contributed by atoms with Crippen molar-refractivity contribution in [2.75, 3.05) is 5.73 Å². The maximum atomic E-state index is 6.27. The number of nitrogens with one attached hydrogen (secondary N) is 1. The van der Waals surface area contributed by atoms with Crippen LogP contribution in [0.15, 0.2) is 36.5 Å². The highest BCUT2D eigenvalue weighted by Gasteiger charge is 2.18. The third kappa shape index (κ3) is 2.05. The van der Waals surface area contributed by atoms with Gasteiger partial charge in [0.2, 0.25) is 0 Å². The van der Waals surface area contributed by atoms with Gasteiger partial charge >= 0.3 is 0 Å². The highest BCUT2D eigenvalue weighted by Crippen LogP contribution is 2.28. The summed E-state index contributed by atoms with van der Waals surface area (Å²) in [5.74, 6) is 0.663. The summed E-state index contributed by atoms with van der Waals surface area (Å²) < 4.78 is 1.76. The number of H-pyrrole nitrogens is 1. The fraction of sp³-hybridized carbons (Fsp3) is 0.214. The molecule has 0 bridgehead atoms. The minimum atomic E-state index is 0.663. The molecule has 20 heavy (non-hydrogen) atoms. The number of hydrogen-bond acceptors (Lipinski definition) is 4. The Balaban J connectivity index is 2.16. The SMILES string of the molecule is CCCc1c(-c2cn[nH]n2)nn(-c2ccccc2)c1N. The first-order chi connectivity index (χ1) is 9.81. The first-order valence-electron chi connectivity index (χ1n) is 6.60. The van der Waals surface area contributed by atoms with E-state index < -0.39 is 0 Å². The van der Waals surface area contributed by atoms with Crippen molar-refractivity contribution in [1.82, 2.24) is 25.2 Å². The maximum absolute atomic E-state index is 6.27. The third-order valence-electron chi connectivity index (χ3n) is 3.18. The summed E-state index contributed by atoms with van der Waals surface area (Å²) in [4.78, 5) is 0. The van der Waals surface area contributed by atoms with E-state index >= 15 is 0 Å². The minimum absolute atomic E-state index is 0.663. The normalized spacial score (nSPS) is 10.8.